The molecule has 0 aliphatic carbocycles. The third kappa shape index (κ3) is 65.0. The smallest absolute Gasteiger partial charge is 0.306 e. The Morgan fingerprint density at radius 1 is 0.266 bits per heavy atom. The molecule has 79 heavy (non-hydrogen) atoms. The van der Waals surface area contributed by atoms with E-state index in [0.29, 0.717) is 19.3 Å². The van der Waals surface area contributed by atoms with Gasteiger partial charge in [-0.2, -0.15) is 0 Å². The molecule has 0 aliphatic heterocycles. The fourth-order valence-electron chi connectivity index (χ4n) is 9.54. The Hall–Kier alpha value is -3.67. The normalized spacial score (nSPS) is 12.7. The molecule has 6 nitrogen and oxygen atoms in total. The maximum absolute atomic E-state index is 12.9. The molecule has 0 saturated heterocycles. The summed E-state index contributed by atoms with van der Waals surface area (Å²) >= 11 is 0. The molecular formula is C73H126O6. The molecule has 0 saturated carbocycles. The van der Waals surface area contributed by atoms with Crippen LogP contribution in [0.1, 0.15) is 329 Å². The highest BCUT2D eigenvalue weighted by atomic mass is 16.6. The van der Waals surface area contributed by atoms with Crippen molar-refractivity contribution in [3.63, 3.8) is 0 Å². The molecule has 1 unspecified atom stereocenters. The average molecular weight is 1100 g/mol. The summed E-state index contributed by atoms with van der Waals surface area (Å²) in [6, 6.07) is 0. The van der Waals surface area contributed by atoms with Crippen LogP contribution in [0.25, 0.3) is 0 Å². The van der Waals surface area contributed by atoms with Crippen LogP contribution in [-0.4, -0.2) is 37.2 Å². The van der Waals surface area contributed by atoms with Crippen molar-refractivity contribution in [2.75, 3.05) is 13.2 Å². The van der Waals surface area contributed by atoms with Gasteiger partial charge in [0, 0.05) is 19.3 Å². The van der Waals surface area contributed by atoms with Crippen LogP contribution in [0.2, 0.25) is 0 Å². The van der Waals surface area contributed by atoms with Gasteiger partial charge in [0.25, 0.3) is 0 Å². The fraction of sp³-hybridized carbons (Fsp3) is 0.740. The number of carbonyl (C=O) groups excluding carboxylic acids is 3. The molecule has 0 spiro atoms. The minimum atomic E-state index is -0.787. The van der Waals surface area contributed by atoms with Crippen LogP contribution in [0.15, 0.2) is 97.2 Å². The molecule has 6 heteroatoms. The lowest BCUT2D eigenvalue weighted by Gasteiger charge is -2.18. The minimum absolute atomic E-state index is 0.0809. The van der Waals surface area contributed by atoms with E-state index < -0.39 is 6.10 Å². The quantitative estimate of drug-likeness (QED) is 0.0261. The Bertz CT molecular complexity index is 1540. The second kappa shape index (κ2) is 66.8. The summed E-state index contributed by atoms with van der Waals surface area (Å²) in [5.74, 6) is -0.885. The van der Waals surface area contributed by atoms with Crippen molar-refractivity contribution in [3.05, 3.63) is 97.2 Å². The second-order valence-corrected chi connectivity index (χ2v) is 22.4. The van der Waals surface area contributed by atoms with Gasteiger partial charge in [-0.05, 0) is 103 Å². The number of ether oxygens (including phenoxy) is 3. The first-order chi connectivity index (χ1) is 39.0. The summed E-state index contributed by atoms with van der Waals surface area (Å²) in [4.78, 5) is 38.4. The Labute approximate surface area is 489 Å². The van der Waals surface area contributed by atoms with E-state index in [4.69, 9.17) is 14.2 Å². The SMILES string of the molecule is CC/C=C\C/C=C\C/C=C\C/C=C\C/C=C\C/C=C\CCCCCCCCCCCCC(=O)OCC(COC(=O)CCCCCCCCCCCCCCCCCC)OC(=O)CCCCCCC/C=C\C/C=C\CCCCCC. The topological polar surface area (TPSA) is 78.9 Å². The number of unbranched alkanes of at least 4 members (excludes halogenated alkanes) is 34. The van der Waals surface area contributed by atoms with Crippen molar-refractivity contribution in [2.24, 2.45) is 0 Å². The Morgan fingerprint density at radius 3 is 0.785 bits per heavy atom. The van der Waals surface area contributed by atoms with Gasteiger partial charge >= 0.3 is 17.9 Å². The third-order valence-corrected chi connectivity index (χ3v) is 14.6. The molecule has 0 N–H and O–H groups in total. The third-order valence-electron chi connectivity index (χ3n) is 14.6. The van der Waals surface area contributed by atoms with Crippen molar-refractivity contribution in [1.82, 2.24) is 0 Å². The number of hydrogen-bond acceptors (Lipinski definition) is 6. The monoisotopic (exact) mass is 1100 g/mol. The minimum Gasteiger partial charge on any atom is -0.462 e. The van der Waals surface area contributed by atoms with Crippen molar-refractivity contribution in [2.45, 2.75) is 335 Å². The van der Waals surface area contributed by atoms with E-state index in [2.05, 4.69) is 118 Å². The molecule has 0 radical (unpaired) electrons. The van der Waals surface area contributed by atoms with Gasteiger partial charge < -0.3 is 14.2 Å². The molecule has 0 aromatic heterocycles. The van der Waals surface area contributed by atoms with E-state index in [1.807, 2.05) is 0 Å². The van der Waals surface area contributed by atoms with Crippen molar-refractivity contribution in [1.29, 1.82) is 0 Å². The molecule has 0 aliphatic rings. The van der Waals surface area contributed by atoms with E-state index in [1.54, 1.807) is 0 Å². The Kier molecular flexibility index (Phi) is 63.7. The van der Waals surface area contributed by atoms with Crippen LogP contribution < -0.4 is 0 Å². The predicted octanol–water partition coefficient (Wildman–Crippen LogP) is 23.2. The summed E-state index contributed by atoms with van der Waals surface area (Å²) in [5, 5.41) is 0. The van der Waals surface area contributed by atoms with Crippen LogP contribution >= 0.6 is 0 Å². The van der Waals surface area contributed by atoms with Gasteiger partial charge in [0.1, 0.15) is 13.2 Å². The molecule has 0 rings (SSSR count). The zero-order valence-electron chi connectivity index (χ0n) is 52.1. The lowest BCUT2D eigenvalue weighted by molar-refractivity contribution is -0.167. The lowest BCUT2D eigenvalue weighted by atomic mass is 10.0. The molecule has 0 aromatic rings. The van der Waals surface area contributed by atoms with E-state index in [-0.39, 0.29) is 31.1 Å². The zero-order chi connectivity index (χ0) is 57.1. The lowest BCUT2D eigenvalue weighted by Crippen LogP contribution is -2.30. The number of rotatable bonds is 61. The summed E-state index contributed by atoms with van der Waals surface area (Å²) in [6.07, 6.45) is 89.9. The van der Waals surface area contributed by atoms with Crippen molar-refractivity contribution >= 4 is 17.9 Å². The summed E-state index contributed by atoms with van der Waals surface area (Å²) in [7, 11) is 0. The summed E-state index contributed by atoms with van der Waals surface area (Å²) in [6.45, 7) is 6.53. The zero-order valence-corrected chi connectivity index (χ0v) is 52.1. The van der Waals surface area contributed by atoms with E-state index in [1.165, 1.54) is 167 Å². The summed E-state index contributed by atoms with van der Waals surface area (Å²) < 4.78 is 17.0. The Morgan fingerprint density at radius 2 is 0.494 bits per heavy atom. The molecule has 0 fully saturated rings. The molecule has 0 aromatic carbocycles. The second-order valence-electron chi connectivity index (χ2n) is 22.4. The predicted molar refractivity (Wildman–Crippen MR) is 344 cm³/mol. The number of carbonyl (C=O) groups is 3. The van der Waals surface area contributed by atoms with Crippen molar-refractivity contribution < 1.29 is 28.6 Å². The van der Waals surface area contributed by atoms with Crippen LogP contribution in [0, 0.1) is 0 Å². The highest BCUT2D eigenvalue weighted by Crippen LogP contribution is 2.17. The number of hydrogen-bond donors (Lipinski definition) is 0. The van der Waals surface area contributed by atoms with E-state index in [0.717, 1.165) is 122 Å². The van der Waals surface area contributed by atoms with Gasteiger partial charge in [-0.15, -0.1) is 0 Å². The number of allylic oxidation sites excluding steroid dienone is 16. The largest absolute Gasteiger partial charge is 0.462 e. The molecule has 0 bridgehead atoms. The molecule has 0 heterocycles. The highest BCUT2D eigenvalue weighted by Gasteiger charge is 2.19. The molecule has 0 amide bonds. The van der Waals surface area contributed by atoms with Gasteiger partial charge in [0.15, 0.2) is 6.10 Å². The molecular weight excluding hydrogens is 973 g/mol. The van der Waals surface area contributed by atoms with Crippen LogP contribution in [-0.2, 0) is 28.6 Å². The van der Waals surface area contributed by atoms with E-state index >= 15 is 0 Å². The van der Waals surface area contributed by atoms with Crippen LogP contribution in [0.4, 0.5) is 0 Å². The average Bonchev–Trinajstić information content (AvgIpc) is 3.45. The highest BCUT2D eigenvalue weighted by molar-refractivity contribution is 5.71. The maximum atomic E-state index is 12.9. The molecule has 1 atom stereocenters. The first-order valence-electron chi connectivity index (χ1n) is 33.7. The first-order valence-corrected chi connectivity index (χ1v) is 33.7. The standard InChI is InChI=1S/C73H126O6/c1-4-7-10-13-16-19-22-25-28-31-32-33-34-35-36-37-38-39-40-41-42-43-46-48-51-54-57-60-63-66-72(75)78-69-70(79-73(76)67-64-61-58-55-52-49-45-30-27-24-21-18-15-12-9-6-3)68-77-71(74)65-62-59-56-53-50-47-44-29-26-23-20-17-14-11-8-5-2/h7,10,16,19,21,24-25,28,30,32-33,35-36,38-39,45,70H,4-6,8-9,11-15,17-18,20,22-23,26-27,29,31,34,37,40-44,46-69H2,1-3H3/b10-7-,19-16-,24-21-,28-25-,33-32-,36-35-,39-38-,45-30-. The Balaban J connectivity index is 4.31. The summed E-state index contributed by atoms with van der Waals surface area (Å²) in [5.41, 5.74) is 0. The fourth-order valence-corrected chi connectivity index (χ4v) is 9.54. The van der Waals surface area contributed by atoms with Crippen LogP contribution in [0.5, 0.6) is 0 Å². The van der Waals surface area contributed by atoms with Gasteiger partial charge in [-0.3, -0.25) is 14.4 Å². The number of esters is 3. The van der Waals surface area contributed by atoms with Gasteiger partial charge in [-0.25, -0.2) is 0 Å². The van der Waals surface area contributed by atoms with Crippen LogP contribution in [0.3, 0.4) is 0 Å². The maximum Gasteiger partial charge on any atom is 0.306 e. The molecule has 454 valence electrons. The van der Waals surface area contributed by atoms with Crippen molar-refractivity contribution in [3.8, 4) is 0 Å². The van der Waals surface area contributed by atoms with Gasteiger partial charge in [0.05, 0.1) is 0 Å². The first kappa shape index (κ1) is 75.3. The van der Waals surface area contributed by atoms with E-state index in [9.17, 15) is 14.4 Å². The van der Waals surface area contributed by atoms with Gasteiger partial charge in [-0.1, -0.05) is 304 Å². The van der Waals surface area contributed by atoms with Gasteiger partial charge in [0.2, 0.25) is 0 Å².